The SMILES string of the molecule is Cc1cccc(C)c1N1CCC(C#N)C1(C)C. The highest BCUT2D eigenvalue weighted by Gasteiger charge is 2.42. The maximum atomic E-state index is 9.23. The minimum Gasteiger partial charge on any atom is -0.365 e. The summed E-state index contributed by atoms with van der Waals surface area (Å²) < 4.78 is 0. The number of anilines is 1. The molecule has 1 aliphatic rings. The first-order valence-corrected chi connectivity index (χ1v) is 6.22. The molecule has 1 aromatic rings. The minimum absolute atomic E-state index is 0.0639. The fourth-order valence-electron chi connectivity index (χ4n) is 2.94. The lowest BCUT2D eigenvalue weighted by molar-refractivity contribution is 0.438. The van der Waals surface area contributed by atoms with Gasteiger partial charge in [-0.1, -0.05) is 18.2 Å². The molecular formula is C15H20N2. The van der Waals surface area contributed by atoms with Gasteiger partial charge in [-0.25, -0.2) is 0 Å². The summed E-state index contributed by atoms with van der Waals surface area (Å²) >= 11 is 0. The third-order valence-corrected chi connectivity index (χ3v) is 4.06. The van der Waals surface area contributed by atoms with Gasteiger partial charge >= 0.3 is 0 Å². The summed E-state index contributed by atoms with van der Waals surface area (Å²) in [6, 6.07) is 8.85. The van der Waals surface area contributed by atoms with Crippen LogP contribution in [0.1, 0.15) is 31.4 Å². The molecule has 1 unspecified atom stereocenters. The number of hydrogen-bond donors (Lipinski definition) is 0. The number of hydrogen-bond acceptors (Lipinski definition) is 2. The van der Waals surface area contributed by atoms with E-state index in [0.29, 0.717) is 0 Å². The smallest absolute Gasteiger partial charge is 0.0706 e. The molecule has 1 saturated heterocycles. The van der Waals surface area contributed by atoms with Crippen LogP contribution in [0.2, 0.25) is 0 Å². The van der Waals surface area contributed by atoms with Crippen LogP contribution in [0.5, 0.6) is 0 Å². The van der Waals surface area contributed by atoms with E-state index in [2.05, 4.69) is 56.9 Å². The first kappa shape index (κ1) is 12.0. The van der Waals surface area contributed by atoms with Crippen molar-refractivity contribution in [3.8, 4) is 6.07 Å². The van der Waals surface area contributed by atoms with Crippen LogP contribution in [0.15, 0.2) is 18.2 Å². The molecule has 2 rings (SSSR count). The van der Waals surface area contributed by atoms with Gasteiger partial charge in [0.25, 0.3) is 0 Å². The first-order chi connectivity index (χ1) is 7.98. The Morgan fingerprint density at radius 2 is 1.88 bits per heavy atom. The lowest BCUT2D eigenvalue weighted by atomic mass is 9.89. The van der Waals surface area contributed by atoms with Crippen LogP contribution < -0.4 is 4.90 Å². The summed E-state index contributed by atoms with van der Waals surface area (Å²) in [6.45, 7) is 9.65. The summed E-state index contributed by atoms with van der Waals surface area (Å²) in [7, 11) is 0. The van der Waals surface area contributed by atoms with Gasteiger partial charge in [0.2, 0.25) is 0 Å². The van der Waals surface area contributed by atoms with Crippen LogP contribution in [0.25, 0.3) is 0 Å². The third kappa shape index (κ3) is 1.80. The molecule has 1 aromatic carbocycles. The standard InChI is InChI=1S/C15H20N2/c1-11-6-5-7-12(2)14(11)17-9-8-13(10-16)15(17,3)4/h5-7,13H,8-9H2,1-4H3. The van der Waals surface area contributed by atoms with Crippen LogP contribution in [-0.4, -0.2) is 12.1 Å². The van der Waals surface area contributed by atoms with Crippen molar-refractivity contribution in [2.45, 2.75) is 39.7 Å². The average molecular weight is 228 g/mol. The van der Waals surface area contributed by atoms with Gasteiger partial charge in [-0.15, -0.1) is 0 Å². The van der Waals surface area contributed by atoms with Gasteiger partial charge in [0.05, 0.1) is 17.5 Å². The fraction of sp³-hybridized carbons (Fsp3) is 0.533. The quantitative estimate of drug-likeness (QED) is 0.736. The van der Waals surface area contributed by atoms with Crippen molar-refractivity contribution < 1.29 is 0 Å². The van der Waals surface area contributed by atoms with Crippen LogP contribution in [0.4, 0.5) is 5.69 Å². The molecule has 1 aliphatic heterocycles. The number of benzene rings is 1. The molecular weight excluding hydrogens is 208 g/mol. The van der Waals surface area contributed by atoms with Crippen LogP contribution in [0, 0.1) is 31.1 Å². The van der Waals surface area contributed by atoms with Gasteiger partial charge < -0.3 is 4.90 Å². The average Bonchev–Trinajstić information content (AvgIpc) is 2.54. The summed E-state index contributed by atoms with van der Waals surface area (Å²) in [6.07, 6.45) is 0.970. The number of para-hydroxylation sites is 1. The first-order valence-electron chi connectivity index (χ1n) is 6.22. The van der Waals surface area contributed by atoms with E-state index in [1.807, 2.05) is 0 Å². The molecule has 2 nitrogen and oxygen atoms in total. The Balaban J connectivity index is 2.46. The van der Waals surface area contributed by atoms with Crippen molar-refractivity contribution in [2.24, 2.45) is 5.92 Å². The number of aryl methyl sites for hydroxylation is 2. The molecule has 0 aromatic heterocycles. The molecule has 0 saturated carbocycles. The highest BCUT2D eigenvalue weighted by atomic mass is 15.2. The van der Waals surface area contributed by atoms with E-state index in [9.17, 15) is 5.26 Å². The summed E-state index contributed by atoms with van der Waals surface area (Å²) in [5.41, 5.74) is 3.86. The maximum Gasteiger partial charge on any atom is 0.0706 e. The molecule has 1 atom stereocenters. The molecule has 0 aliphatic carbocycles. The van der Waals surface area contributed by atoms with Gasteiger partial charge in [-0.05, 0) is 45.2 Å². The Morgan fingerprint density at radius 1 is 1.29 bits per heavy atom. The normalized spacial score (nSPS) is 22.5. The molecule has 1 heterocycles. The zero-order valence-corrected chi connectivity index (χ0v) is 11.1. The molecule has 2 heteroatoms. The summed E-state index contributed by atoms with van der Waals surface area (Å²) in [5.74, 6) is 0.126. The molecule has 0 amide bonds. The summed E-state index contributed by atoms with van der Waals surface area (Å²) in [5, 5.41) is 9.23. The highest BCUT2D eigenvalue weighted by Crippen LogP contribution is 2.40. The maximum absolute atomic E-state index is 9.23. The summed E-state index contributed by atoms with van der Waals surface area (Å²) in [4.78, 5) is 2.41. The lowest BCUT2D eigenvalue weighted by Gasteiger charge is -2.37. The van der Waals surface area contributed by atoms with Crippen molar-refractivity contribution in [3.63, 3.8) is 0 Å². The van der Waals surface area contributed by atoms with Gasteiger partial charge in [0.15, 0.2) is 0 Å². The van der Waals surface area contributed by atoms with Gasteiger partial charge in [0, 0.05) is 12.2 Å². The van der Waals surface area contributed by atoms with Crippen LogP contribution in [-0.2, 0) is 0 Å². The molecule has 90 valence electrons. The van der Waals surface area contributed by atoms with E-state index in [4.69, 9.17) is 0 Å². The van der Waals surface area contributed by atoms with Crippen molar-refractivity contribution in [2.75, 3.05) is 11.4 Å². The predicted octanol–water partition coefficient (Wildman–Crippen LogP) is 3.43. The lowest BCUT2D eigenvalue weighted by Crippen LogP contribution is -2.42. The van der Waals surface area contributed by atoms with Crippen molar-refractivity contribution >= 4 is 5.69 Å². The second-order valence-electron chi connectivity index (χ2n) is 5.52. The second-order valence-corrected chi connectivity index (χ2v) is 5.52. The molecule has 0 N–H and O–H groups in total. The number of rotatable bonds is 1. The van der Waals surface area contributed by atoms with E-state index >= 15 is 0 Å². The molecule has 0 bridgehead atoms. The van der Waals surface area contributed by atoms with Gasteiger partial charge in [-0.3, -0.25) is 0 Å². The van der Waals surface area contributed by atoms with E-state index in [-0.39, 0.29) is 11.5 Å². The molecule has 0 spiro atoms. The molecule has 0 radical (unpaired) electrons. The molecule has 17 heavy (non-hydrogen) atoms. The monoisotopic (exact) mass is 228 g/mol. The number of nitrogens with zero attached hydrogens (tertiary/aromatic N) is 2. The van der Waals surface area contributed by atoms with E-state index in [1.54, 1.807) is 0 Å². The van der Waals surface area contributed by atoms with Crippen LogP contribution >= 0.6 is 0 Å². The Morgan fingerprint density at radius 3 is 2.35 bits per heavy atom. The highest BCUT2D eigenvalue weighted by molar-refractivity contribution is 5.61. The van der Waals surface area contributed by atoms with Gasteiger partial charge in [-0.2, -0.15) is 5.26 Å². The van der Waals surface area contributed by atoms with Crippen molar-refractivity contribution in [1.29, 1.82) is 5.26 Å². The second kappa shape index (κ2) is 4.07. The van der Waals surface area contributed by atoms with Gasteiger partial charge in [0.1, 0.15) is 0 Å². The van der Waals surface area contributed by atoms with E-state index < -0.39 is 0 Å². The van der Waals surface area contributed by atoms with E-state index in [1.165, 1.54) is 16.8 Å². The Kier molecular flexibility index (Phi) is 2.87. The largest absolute Gasteiger partial charge is 0.365 e. The van der Waals surface area contributed by atoms with Crippen molar-refractivity contribution in [1.82, 2.24) is 0 Å². The Labute approximate surface area is 104 Å². The zero-order valence-electron chi connectivity index (χ0n) is 11.1. The molecule has 1 fully saturated rings. The Bertz CT molecular complexity index is 448. The Hall–Kier alpha value is -1.49. The number of nitriles is 1. The van der Waals surface area contributed by atoms with Crippen molar-refractivity contribution in [3.05, 3.63) is 29.3 Å². The topological polar surface area (TPSA) is 27.0 Å². The minimum atomic E-state index is -0.0639. The predicted molar refractivity (Wildman–Crippen MR) is 71.1 cm³/mol. The van der Waals surface area contributed by atoms with Crippen LogP contribution in [0.3, 0.4) is 0 Å². The zero-order chi connectivity index (χ0) is 12.6. The third-order valence-electron chi connectivity index (χ3n) is 4.06. The fourth-order valence-corrected chi connectivity index (χ4v) is 2.94. The van der Waals surface area contributed by atoms with E-state index in [0.717, 1.165) is 13.0 Å².